The second-order valence-electron chi connectivity index (χ2n) is 1.79. The van der Waals surface area contributed by atoms with Crippen LogP contribution in [0.3, 0.4) is 0 Å². The molecule has 1 heterocycles. The average molecular weight is 121 g/mol. The van der Waals surface area contributed by atoms with Crippen molar-refractivity contribution in [2.24, 2.45) is 4.99 Å². The quantitative estimate of drug-likeness (QED) is 0.489. The maximum Gasteiger partial charge on any atom is 0.142 e. The maximum atomic E-state index is 4.07. The number of hydrogen-bond donors (Lipinski definition) is 0. The van der Waals surface area contributed by atoms with Crippen molar-refractivity contribution in [3.8, 4) is 0 Å². The van der Waals surface area contributed by atoms with Gasteiger partial charge in [-0.15, -0.1) is 6.58 Å². The summed E-state index contributed by atoms with van der Waals surface area (Å²) < 4.78 is 0. The first-order valence-corrected chi connectivity index (χ1v) is 2.92. The molecule has 0 bridgehead atoms. The van der Waals surface area contributed by atoms with Crippen LogP contribution >= 0.6 is 0 Å². The van der Waals surface area contributed by atoms with E-state index < -0.39 is 0 Å². The third kappa shape index (κ3) is 1.72. The van der Waals surface area contributed by atoms with Gasteiger partial charge in [0.15, 0.2) is 0 Å². The molecule has 0 aromatic carbocycles. The van der Waals surface area contributed by atoms with Crippen LogP contribution in [0.1, 0.15) is 6.42 Å². The summed E-state index contributed by atoms with van der Waals surface area (Å²) in [4.78, 5) is 4.07. The molecule has 0 fully saturated rings. The van der Waals surface area contributed by atoms with Crippen molar-refractivity contribution in [3.05, 3.63) is 24.9 Å². The molecule has 1 atom stereocenters. The van der Waals surface area contributed by atoms with Crippen molar-refractivity contribution in [3.63, 3.8) is 0 Å². The number of aliphatic imine (C=N–C) groups is 1. The molecule has 1 aliphatic heterocycles. The molecule has 1 rings (SSSR count). The Morgan fingerprint density at radius 2 is 2.56 bits per heavy atom. The first-order valence-electron chi connectivity index (χ1n) is 2.92. The molecule has 0 saturated carbocycles. The average Bonchev–Trinajstić information content (AvgIpc) is 1.91. The number of hydrogen-bond acceptors (Lipinski definition) is 1. The van der Waals surface area contributed by atoms with E-state index in [-0.39, 0.29) is 6.17 Å². The van der Waals surface area contributed by atoms with E-state index in [2.05, 4.69) is 16.9 Å². The van der Waals surface area contributed by atoms with E-state index >= 15 is 0 Å². The van der Waals surface area contributed by atoms with Crippen LogP contribution in [0.5, 0.6) is 0 Å². The molecule has 0 aromatic heterocycles. The zero-order valence-electron chi connectivity index (χ0n) is 5.20. The predicted octanol–water partition coefficient (Wildman–Crippen LogP) is 1.09. The highest BCUT2D eigenvalue weighted by Gasteiger charge is 2.01. The van der Waals surface area contributed by atoms with E-state index in [1.165, 1.54) is 0 Å². The van der Waals surface area contributed by atoms with Gasteiger partial charge in [0.25, 0.3) is 0 Å². The van der Waals surface area contributed by atoms with E-state index in [4.69, 9.17) is 0 Å². The summed E-state index contributed by atoms with van der Waals surface area (Å²) in [7, 11) is 0. The fourth-order valence-electron chi connectivity index (χ4n) is 0.646. The van der Waals surface area contributed by atoms with Crippen LogP contribution in [0.25, 0.3) is 0 Å². The Morgan fingerprint density at radius 1 is 1.67 bits per heavy atom. The lowest BCUT2D eigenvalue weighted by Gasteiger charge is -2.08. The highest BCUT2D eigenvalue weighted by Crippen LogP contribution is 1.98. The Labute approximate surface area is 55.0 Å². The number of nitrogens with zero attached hydrogens (tertiary/aromatic N) is 2. The molecule has 47 valence electrons. The highest BCUT2D eigenvalue weighted by atomic mass is 15.1. The zero-order valence-corrected chi connectivity index (χ0v) is 5.20. The van der Waals surface area contributed by atoms with E-state index in [9.17, 15) is 0 Å². The minimum absolute atomic E-state index is 0.0903. The van der Waals surface area contributed by atoms with Crippen molar-refractivity contribution in [1.29, 1.82) is 0 Å². The van der Waals surface area contributed by atoms with Crippen molar-refractivity contribution < 1.29 is 0 Å². The second kappa shape index (κ2) is 3.07. The molecule has 0 aliphatic carbocycles. The van der Waals surface area contributed by atoms with Gasteiger partial charge in [0, 0.05) is 18.8 Å². The van der Waals surface area contributed by atoms with Gasteiger partial charge in [-0.1, -0.05) is 6.08 Å². The third-order valence-corrected chi connectivity index (χ3v) is 1.07. The molecular formula is C7H9N2. The molecule has 0 spiro atoms. The van der Waals surface area contributed by atoms with E-state index in [0.29, 0.717) is 0 Å². The fourth-order valence-corrected chi connectivity index (χ4v) is 0.646. The van der Waals surface area contributed by atoms with Gasteiger partial charge in [-0.3, -0.25) is 10.3 Å². The molecule has 9 heavy (non-hydrogen) atoms. The topological polar surface area (TPSA) is 26.5 Å². The van der Waals surface area contributed by atoms with Crippen LogP contribution < -0.4 is 5.32 Å². The molecule has 0 N–H and O–H groups in total. The molecule has 1 radical (unpaired) electrons. The van der Waals surface area contributed by atoms with Gasteiger partial charge in [0.1, 0.15) is 6.17 Å². The van der Waals surface area contributed by atoms with Crippen LogP contribution in [-0.4, -0.2) is 12.4 Å². The SMILES string of the molecule is C=CCC1[N]C=CC=N1. The summed E-state index contributed by atoms with van der Waals surface area (Å²) in [5.41, 5.74) is 0. The highest BCUT2D eigenvalue weighted by molar-refractivity contribution is 5.71. The number of rotatable bonds is 2. The Bertz CT molecular complexity index is 145. The van der Waals surface area contributed by atoms with Crippen molar-refractivity contribution in [1.82, 2.24) is 5.32 Å². The summed E-state index contributed by atoms with van der Waals surface area (Å²) in [5, 5.41) is 4.07. The van der Waals surface area contributed by atoms with Gasteiger partial charge in [0.05, 0.1) is 0 Å². The molecule has 2 nitrogen and oxygen atoms in total. The molecule has 1 aliphatic rings. The summed E-state index contributed by atoms with van der Waals surface area (Å²) in [5.74, 6) is 0. The van der Waals surface area contributed by atoms with Crippen LogP contribution in [0, 0.1) is 0 Å². The predicted molar refractivity (Wildman–Crippen MR) is 38.4 cm³/mol. The maximum absolute atomic E-state index is 4.07. The van der Waals surface area contributed by atoms with Gasteiger partial charge in [-0.05, 0) is 6.08 Å². The zero-order chi connectivity index (χ0) is 6.53. The van der Waals surface area contributed by atoms with Gasteiger partial charge >= 0.3 is 0 Å². The molecule has 1 unspecified atom stereocenters. The standard InChI is InChI=1S/C7H9N2/c1-2-4-7-8-5-3-6-9-7/h2-3,5-7H,1,4H2. The minimum atomic E-state index is 0.0903. The lowest BCUT2D eigenvalue weighted by atomic mass is 10.3. The van der Waals surface area contributed by atoms with Crippen LogP contribution in [0.15, 0.2) is 29.9 Å². The molecular weight excluding hydrogens is 112 g/mol. The first kappa shape index (κ1) is 6.08. The van der Waals surface area contributed by atoms with Gasteiger partial charge < -0.3 is 0 Å². The smallest absolute Gasteiger partial charge is 0.142 e. The summed E-state index contributed by atoms with van der Waals surface area (Å²) in [6.45, 7) is 3.60. The molecule has 0 saturated heterocycles. The number of allylic oxidation sites excluding steroid dienone is 1. The Balaban J connectivity index is 2.36. The first-order chi connectivity index (χ1) is 4.43. The summed E-state index contributed by atoms with van der Waals surface area (Å²) in [6.07, 6.45) is 8.10. The summed E-state index contributed by atoms with van der Waals surface area (Å²) in [6, 6.07) is 0. The minimum Gasteiger partial charge on any atom is -0.266 e. The summed E-state index contributed by atoms with van der Waals surface area (Å²) >= 11 is 0. The Kier molecular flexibility index (Phi) is 2.07. The molecule has 0 aromatic rings. The third-order valence-electron chi connectivity index (χ3n) is 1.07. The van der Waals surface area contributed by atoms with Crippen molar-refractivity contribution in [2.75, 3.05) is 0 Å². The van der Waals surface area contributed by atoms with Crippen LogP contribution in [0.2, 0.25) is 0 Å². The molecule has 0 amide bonds. The van der Waals surface area contributed by atoms with Gasteiger partial charge in [-0.2, -0.15) is 0 Å². The van der Waals surface area contributed by atoms with Crippen molar-refractivity contribution >= 4 is 6.21 Å². The Hall–Kier alpha value is -1.05. The van der Waals surface area contributed by atoms with E-state index in [1.54, 1.807) is 12.4 Å². The van der Waals surface area contributed by atoms with E-state index in [0.717, 1.165) is 6.42 Å². The normalized spacial score (nSPS) is 23.3. The Morgan fingerprint density at radius 3 is 3.11 bits per heavy atom. The van der Waals surface area contributed by atoms with Crippen LogP contribution in [0.4, 0.5) is 0 Å². The van der Waals surface area contributed by atoms with E-state index in [1.807, 2.05) is 12.2 Å². The largest absolute Gasteiger partial charge is 0.266 e. The van der Waals surface area contributed by atoms with Crippen LogP contribution in [-0.2, 0) is 0 Å². The second-order valence-corrected chi connectivity index (χ2v) is 1.79. The monoisotopic (exact) mass is 121 g/mol. The molecule has 2 heteroatoms. The van der Waals surface area contributed by atoms with Crippen molar-refractivity contribution in [2.45, 2.75) is 12.6 Å². The lowest BCUT2D eigenvalue weighted by Crippen LogP contribution is -2.16. The van der Waals surface area contributed by atoms with Gasteiger partial charge in [-0.25, -0.2) is 0 Å². The lowest BCUT2D eigenvalue weighted by molar-refractivity contribution is 0.609. The fraction of sp³-hybridized carbons (Fsp3) is 0.286. The van der Waals surface area contributed by atoms with Gasteiger partial charge in [0.2, 0.25) is 0 Å².